The Hall–Kier alpha value is -2.38. The van der Waals surface area contributed by atoms with Gasteiger partial charge in [-0.15, -0.1) is 0 Å². The Morgan fingerprint density at radius 3 is 2.52 bits per heavy atom. The van der Waals surface area contributed by atoms with Gasteiger partial charge in [0.05, 0.1) is 18.2 Å². The van der Waals surface area contributed by atoms with Crippen molar-refractivity contribution < 1.29 is 9.18 Å². The molecule has 1 fully saturated rings. The fourth-order valence-corrected chi connectivity index (χ4v) is 2.68. The van der Waals surface area contributed by atoms with E-state index in [0.717, 1.165) is 12.8 Å². The number of hydrogen-bond donors (Lipinski definition) is 0. The Kier molecular flexibility index (Phi) is 4.31. The second-order valence-corrected chi connectivity index (χ2v) is 5.96. The summed E-state index contributed by atoms with van der Waals surface area (Å²) in [7, 11) is 0. The molecule has 116 valence electrons. The van der Waals surface area contributed by atoms with E-state index in [4.69, 9.17) is 16.9 Å². The molecule has 3 rings (SSSR count). The van der Waals surface area contributed by atoms with E-state index in [2.05, 4.69) is 0 Å². The van der Waals surface area contributed by atoms with Crippen molar-refractivity contribution in [2.75, 3.05) is 0 Å². The molecule has 0 aliphatic heterocycles. The summed E-state index contributed by atoms with van der Waals surface area (Å²) in [4.78, 5) is 14.4. The number of amides is 1. The lowest BCUT2D eigenvalue weighted by atomic mass is 10.1. The van der Waals surface area contributed by atoms with Crippen LogP contribution in [0, 0.1) is 17.1 Å². The number of halogens is 2. The fourth-order valence-electron chi connectivity index (χ4n) is 2.46. The molecule has 1 saturated carbocycles. The van der Waals surface area contributed by atoms with Crippen molar-refractivity contribution in [1.82, 2.24) is 4.90 Å². The van der Waals surface area contributed by atoms with Gasteiger partial charge in [0.15, 0.2) is 0 Å². The van der Waals surface area contributed by atoms with Gasteiger partial charge < -0.3 is 4.90 Å². The van der Waals surface area contributed by atoms with Crippen molar-refractivity contribution in [3.05, 3.63) is 70.0 Å². The fraction of sp³-hybridized carbons (Fsp3) is 0.222. The normalized spacial score (nSPS) is 13.4. The predicted molar refractivity (Wildman–Crippen MR) is 85.5 cm³/mol. The van der Waals surface area contributed by atoms with E-state index in [0.29, 0.717) is 21.7 Å². The zero-order chi connectivity index (χ0) is 16.4. The summed E-state index contributed by atoms with van der Waals surface area (Å²) in [5.74, 6) is -0.577. The van der Waals surface area contributed by atoms with Crippen LogP contribution in [0.15, 0.2) is 42.5 Å². The SMILES string of the molecule is N#Cc1ccc(C(=O)N(Cc2c(F)cccc2Cl)C2CC2)cc1. The van der Waals surface area contributed by atoms with Crippen molar-refractivity contribution in [2.45, 2.75) is 25.4 Å². The van der Waals surface area contributed by atoms with Crippen LogP contribution >= 0.6 is 11.6 Å². The van der Waals surface area contributed by atoms with Gasteiger partial charge in [0, 0.05) is 22.2 Å². The largest absolute Gasteiger partial charge is 0.331 e. The van der Waals surface area contributed by atoms with Crippen molar-refractivity contribution in [3.63, 3.8) is 0 Å². The maximum Gasteiger partial charge on any atom is 0.254 e. The second kappa shape index (κ2) is 6.39. The van der Waals surface area contributed by atoms with E-state index in [1.807, 2.05) is 6.07 Å². The van der Waals surface area contributed by atoms with E-state index in [-0.39, 0.29) is 18.5 Å². The van der Waals surface area contributed by atoms with E-state index in [9.17, 15) is 9.18 Å². The Morgan fingerprint density at radius 1 is 1.26 bits per heavy atom. The lowest BCUT2D eigenvalue weighted by molar-refractivity contribution is 0.0728. The highest BCUT2D eigenvalue weighted by atomic mass is 35.5. The summed E-state index contributed by atoms with van der Waals surface area (Å²) in [5, 5.41) is 9.15. The Balaban J connectivity index is 1.87. The van der Waals surface area contributed by atoms with Gasteiger partial charge in [-0.05, 0) is 49.2 Å². The molecule has 0 radical (unpaired) electrons. The van der Waals surface area contributed by atoms with Gasteiger partial charge in [0.1, 0.15) is 5.82 Å². The average molecular weight is 329 g/mol. The maximum atomic E-state index is 14.0. The van der Waals surface area contributed by atoms with Crippen molar-refractivity contribution in [2.24, 2.45) is 0 Å². The van der Waals surface area contributed by atoms with Crippen LogP contribution in [0.2, 0.25) is 5.02 Å². The molecule has 1 amide bonds. The second-order valence-electron chi connectivity index (χ2n) is 5.55. The number of rotatable bonds is 4. The summed E-state index contributed by atoms with van der Waals surface area (Å²) in [6, 6.07) is 13.1. The topological polar surface area (TPSA) is 44.1 Å². The van der Waals surface area contributed by atoms with Crippen LogP contribution in [0.4, 0.5) is 4.39 Å². The van der Waals surface area contributed by atoms with Crippen LogP contribution in [0.1, 0.15) is 34.3 Å². The molecule has 0 unspecified atom stereocenters. The standard InChI is InChI=1S/C18H14ClFN2O/c19-16-2-1-3-17(20)15(16)11-22(14-8-9-14)18(23)13-6-4-12(10-21)5-7-13/h1-7,14H,8-9,11H2. The van der Waals surface area contributed by atoms with Crippen molar-refractivity contribution >= 4 is 17.5 Å². The highest BCUT2D eigenvalue weighted by Crippen LogP contribution is 2.32. The molecule has 2 aromatic rings. The van der Waals surface area contributed by atoms with Gasteiger partial charge in [0.2, 0.25) is 0 Å². The molecule has 1 aliphatic carbocycles. The van der Waals surface area contributed by atoms with Crippen molar-refractivity contribution in [3.8, 4) is 6.07 Å². The molecule has 0 spiro atoms. The number of carbonyl (C=O) groups excluding carboxylic acids is 1. The third kappa shape index (κ3) is 3.35. The third-order valence-corrected chi connectivity index (χ3v) is 4.25. The highest BCUT2D eigenvalue weighted by Gasteiger charge is 2.34. The van der Waals surface area contributed by atoms with Gasteiger partial charge in [-0.25, -0.2) is 4.39 Å². The minimum Gasteiger partial charge on any atom is -0.331 e. The minimum atomic E-state index is -0.407. The number of benzene rings is 2. The minimum absolute atomic E-state index is 0.119. The van der Waals surface area contributed by atoms with Crippen LogP contribution in [0.25, 0.3) is 0 Å². The molecule has 0 heterocycles. The molecule has 0 atom stereocenters. The van der Waals surface area contributed by atoms with E-state index in [1.165, 1.54) is 6.07 Å². The predicted octanol–water partition coefficient (Wildman–Crippen LogP) is 4.16. The van der Waals surface area contributed by atoms with Crippen LogP contribution in [-0.4, -0.2) is 16.8 Å². The van der Waals surface area contributed by atoms with Crippen LogP contribution in [-0.2, 0) is 6.54 Å². The van der Waals surface area contributed by atoms with Gasteiger partial charge in [-0.1, -0.05) is 17.7 Å². The molecule has 2 aromatic carbocycles. The monoisotopic (exact) mass is 328 g/mol. The molecule has 0 N–H and O–H groups in total. The van der Waals surface area contributed by atoms with Crippen LogP contribution < -0.4 is 0 Å². The first kappa shape index (κ1) is 15.5. The number of carbonyl (C=O) groups is 1. The molecule has 1 aliphatic rings. The molecule has 0 saturated heterocycles. The molecular weight excluding hydrogens is 315 g/mol. The number of nitriles is 1. The molecular formula is C18H14ClFN2O. The zero-order valence-electron chi connectivity index (χ0n) is 12.3. The van der Waals surface area contributed by atoms with Gasteiger partial charge in [-0.3, -0.25) is 4.79 Å². The first-order valence-corrected chi connectivity index (χ1v) is 7.72. The van der Waals surface area contributed by atoms with E-state index in [1.54, 1.807) is 41.3 Å². The molecule has 0 aromatic heterocycles. The highest BCUT2D eigenvalue weighted by molar-refractivity contribution is 6.31. The number of hydrogen-bond acceptors (Lipinski definition) is 2. The number of nitrogens with zero attached hydrogens (tertiary/aromatic N) is 2. The van der Waals surface area contributed by atoms with Gasteiger partial charge >= 0.3 is 0 Å². The summed E-state index contributed by atoms with van der Waals surface area (Å²) in [6.45, 7) is 0.148. The first-order chi connectivity index (χ1) is 11.1. The van der Waals surface area contributed by atoms with E-state index >= 15 is 0 Å². The zero-order valence-corrected chi connectivity index (χ0v) is 13.1. The lowest BCUT2D eigenvalue weighted by Crippen LogP contribution is -2.33. The summed E-state index contributed by atoms with van der Waals surface area (Å²) < 4.78 is 14.0. The van der Waals surface area contributed by atoms with Gasteiger partial charge in [-0.2, -0.15) is 5.26 Å². The van der Waals surface area contributed by atoms with Crippen LogP contribution in [0.3, 0.4) is 0 Å². The lowest BCUT2D eigenvalue weighted by Gasteiger charge is -2.23. The summed E-state index contributed by atoms with van der Waals surface area (Å²) in [6.07, 6.45) is 1.82. The Bertz CT molecular complexity index is 758. The smallest absolute Gasteiger partial charge is 0.254 e. The first-order valence-electron chi connectivity index (χ1n) is 7.34. The van der Waals surface area contributed by atoms with E-state index < -0.39 is 5.82 Å². The Labute approximate surface area is 138 Å². The molecule has 3 nitrogen and oxygen atoms in total. The van der Waals surface area contributed by atoms with Crippen molar-refractivity contribution in [1.29, 1.82) is 5.26 Å². The third-order valence-electron chi connectivity index (χ3n) is 3.90. The van der Waals surface area contributed by atoms with Gasteiger partial charge in [0.25, 0.3) is 5.91 Å². The maximum absolute atomic E-state index is 14.0. The molecule has 5 heteroatoms. The molecule has 0 bridgehead atoms. The molecule has 23 heavy (non-hydrogen) atoms. The summed E-state index contributed by atoms with van der Waals surface area (Å²) in [5.41, 5.74) is 1.32. The van der Waals surface area contributed by atoms with Crippen LogP contribution in [0.5, 0.6) is 0 Å². The Morgan fingerprint density at radius 2 is 1.96 bits per heavy atom. The average Bonchev–Trinajstić information content (AvgIpc) is 3.39. The quantitative estimate of drug-likeness (QED) is 0.846. The summed E-state index contributed by atoms with van der Waals surface area (Å²) >= 11 is 6.07.